The second kappa shape index (κ2) is 8.73. The maximum Gasteiger partial charge on any atom is 0.165 e. The van der Waals surface area contributed by atoms with Crippen molar-refractivity contribution in [1.29, 1.82) is 0 Å². The Bertz CT molecular complexity index is 710. The fourth-order valence-electron chi connectivity index (χ4n) is 3.77. The van der Waals surface area contributed by atoms with Gasteiger partial charge in [0, 0.05) is 56.7 Å². The molecule has 7 nitrogen and oxygen atoms in total. The van der Waals surface area contributed by atoms with E-state index in [1.807, 2.05) is 22.9 Å². The van der Waals surface area contributed by atoms with Crippen LogP contribution >= 0.6 is 0 Å². The Hall–Kier alpha value is -2.09. The molecule has 0 aliphatic carbocycles. The Morgan fingerprint density at radius 3 is 2.81 bits per heavy atom. The van der Waals surface area contributed by atoms with Crippen LogP contribution in [0.2, 0.25) is 0 Å². The lowest BCUT2D eigenvalue weighted by atomic mass is 10.0. The number of benzene rings is 1. The molecule has 2 aliphatic heterocycles. The van der Waals surface area contributed by atoms with Gasteiger partial charge < -0.3 is 18.8 Å². The van der Waals surface area contributed by atoms with Crippen molar-refractivity contribution in [3.8, 4) is 11.5 Å². The molecule has 0 saturated carbocycles. The molecule has 7 heteroatoms. The van der Waals surface area contributed by atoms with Crippen LogP contribution in [0.5, 0.6) is 11.5 Å². The molecule has 146 valence electrons. The van der Waals surface area contributed by atoms with E-state index in [1.54, 1.807) is 19.6 Å². The van der Waals surface area contributed by atoms with Gasteiger partial charge in [-0.15, -0.1) is 0 Å². The monoisotopic (exact) mass is 372 g/mol. The molecule has 0 N–H and O–H groups in total. The highest BCUT2D eigenvalue weighted by molar-refractivity contribution is 5.46. The number of hydrogen-bond acceptors (Lipinski definition) is 6. The van der Waals surface area contributed by atoms with Crippen LogP contribution in [0, 0.1) is 0 Å². The summed E-state index contributed by atoms with van der Waals surface area (Å²) in [4.78, 5) is 9.09. The predicted octanol–water partition coefficient (Wildman–Crippen LogP) is 1.49. The number of ether oxygens (including phenoxy) is 3. The van der Waals surface area contributed by atoms with Crippen molar-refractivity contribution in [2.45, 2.75) is 19.1 Å². The molecular formula is C20H28N4O3. The van der Waals surface area contributed by atoms with Crippen LogP contribution in [0.4, 0.5) is 0 Å². The van der Waals surface area contributed by atoms with E-state index in [0.29, 0.717) is 12.6 Å². The molecule has 0 radical (unpaired) electrons. The molecule has 3 heterocycles. The standard InChI is InChI=1S/C20H28N4O3/c1-25-19-4-2-3-17(20(19)27-12-7-22-6-5-21-16-22)13-23-14-18(15-23)24-8-10-26-11-9-24/h2-6,16,18H,7-15H2,1H3. The number of aromatic nitrogens is 2. The van der Waals surface area contributed by atoms with E-state index in [-0.39, 0.29) is 0 Å². The lowest BCUT2D eigenvalue weighted by molar-refractivity contribution is -0.0346. The molecule has 1 aromatic heterocycles. The van der Waals surface area contributed by atoms with Gasteiger partial charge in [-0.1, -0.05) is 12.1 Å². The maximum atomic E-state index is 6.12. The quantitative estimate of drug-likeness (QED) is 0.700. The number of morpholine rings is 1. The molecule has 27 heavy (non-hydrogen) atoms. The van der Waals surface area contributed by atoms with Crippen molar-refractivity contribution in [1.82, 2.24) is 19.4 Å². The van der Waals surface area contributed by atoms with Crippen LogP contribution in [-0.2, 0) is 17.8 Å². The van der Waals surface area contributed by atoms with Crippen molar-refractivity contribution in [2.75, 3.05) is 53.1 Å². The first-order valence-corrected chi connectivity index (χ1v) is 9.62. The average molecular weight is 372 g/mol. The summed E-state index contributed by atoms with van der Waals surface area (Å²) in [7, 11) is 1.69. The molecule has 0 unspecified atom stereocenters. The van der Waals surface area contributed by atoms with Crippen molar-refractivity contribution in [2.24, 2.45) is 0 Å². The number of methoxy groups -OCH3 is 1. The second-order valence-corrected chi connectivity index (χ2v) is 7.09. The van der Waals surface area contributed by atoms with E-state index in [9.17, 15) is 0 Å². The molecular weight excluding hydrogens is 344 g/mol. The molecule has 2 aromatic rings. The largest absolute Gasteiger partial charge is 0.493 e. The van der Waals surface area contributed by atoms with E-state index >= 15 is 0 Å². The molecule has 2 fully saturated rings. The average Bonchev–Trinajstić information content (AvgIpc) is 3.19. The van der Waals surface area contributed by atoms with Crippen LogP contribution < -0.4 is 9.47 Å². The first-order valence-electron chi connectivity index (χ1n) is 9.62. The van der Waals surface area contributed by atoms with E-state index in [1.165, 1.54) is 5.56 Å². The number of para-hydroxylation sites is 1. The van der Waals surface area contributed by atoms with Crippen LogP contribution in [-0.4, -0.2) is 78.5 Å². The zero-order chi connectivity index (χ0) is 18.5. The van der Waals surface area contributed by atoms with E-state index in [4.69, 9.17) is 14.2 Å². The maximum absolute atomic E-state index is 6.12. The summed E-state index contributed by atoms with van der Waals surface area (Å²) in [5, 5.41) is 0. The van der Waals surface area contributed by atoms with Gasteiger partial charge in [-0.3, -0.25) is 9.80 Å². The number of rotatable bonds is 8. The SMILES string of the molecule is COc1cccc(CN2CC(N3CCOCC3)C2)c1OCCn1ccnc1. The summed E-state index contributed by atoms with van der Waals surface area (Å²) < 4.78 is 19.1. The van der Waals surface area contributed by atoms with Gasteiger partial charge in [-0.25, -0.2) is 4.98 Å². The van der Waals surface area contributed by atoms with Gasteiger partial charge in [-0.05, 0) is 6.07 Å². The summed E-state index contributed by atoms with van der Waals surface area (Å²) >= 11 is 0. The molecule has 1 aromatic carbocycles. The van der Waals surface area contributed by atoms with E-state index < -0.39 is 0 Å². The minimum Gasteiger partial charge on any atom is -0.493 e. The van der Waals surface area contributed by atoms with Crippen molar-refractivity contribution >= 4 is 0 Å². The van der Waals surface area contributed by atoms with Gasteiger partial charge in [0.25, 0.3) is 0 Å². The molecule has 4 rings (SSSR count). The molecule has 0 amide bonds. The Morgan fingerprint density at radius 2 is 2.07 bits per heavy atom. The summed E-state index contributed by atoms with van der Waals surface area (Å²) in [6.07, 6.45) is 5.53. The van der Waals surface area contributed by atoms with Gasteiger partial charge in [0.05, 0.1) is 33.2 Å². The third-order valence-corrected chi connectivity index (χ3v) is 5.33. The minimum atomic E-state index is 0.583. The predicted molar refractivity (Wildman–Crippen MR) is 102 cm³/mol. The minimum absolute atomic E-state index is 0.583. The first kappa shape index (κ1) is 18.3. The second-order valence-electron chi connectivity index (χ2n) is 7.09. The summed E-state index contributed by atoms with van der Waals surface area (Å²) in [6, 6.07) is 6.79. The van der Waals surface area contributed by atoms with E-state index in [2.05, 4.69) is 20.9 Å². The lowest BCUT2D eigenvalue weighted by Gasteiger charge is -2.46. The van der Waals surface area contributed by atoms with Crippen molar-refractivity contribution < 1.29 is 14.2 Å². The smallest absolute Gasteiger partial charge is 0.165 e. The highest BCUT2D eigenvalue weighted by atomic mass is 16.5. The van der Waals surface area contributed by atoms with Gasteiger partial charge in [0.15, 0.2) is 11.5 Å². The van der Waals surface area contributed by atoms with Crippen molar-refractivity contribution in [3.05, 3.63) is 42.5 Å². The Balaban J connectivity index is 1.34. The third kappa shape index (κ3) is 4.43. The summed E-state index contributed by atoms with van der Waals surface area (Å²) in [6.45, 7) is 8.28. The Kier molecular flexibility index (Phi) is 5.91. The van der Waals surface area contributed by atoms with Crippen LogP contribution in [0.1, 0.15) is 5.56 Å². The highest BCUT2D eigenvalue weighted by Crippen LogP contribution is 2.33. The summed E-state index contributed by atoms with van der Waals surface area (Å²) in [5.74, 6) is 1.65. The molecule has 0 bridgehead atoms. The zero-order valence-corrected chi connectivity index (χ0v) is 15.9. The zero-order valence-electron chi connectivity index (χ0n) is 15.9. The Labute approximate surface area is 160 Å². The molecule has 0 spiro atoms. The number of hydrogen-bond donors (Lipinski definition) is 0. The van der Waals surface area contributed by atoms with Gasteiger partial charge in [0.2, 0.25) is 0 Å². The topological polar surface area (TPSA) is 52.0 Å². The lowest BCUT2D eigenvalue weighted by Crippen LogP contribution is -2.60. The third-order valence-electron chi connectivity index (χ3n) is 5.33. The highest BCUT2D eigenvalue weighted by Gasteiger charge is 2.32. The molecule has 2 aliphatic rings. The number of imidazole rings is 1. The number of likely N-dealkylation sites (tertiary alicyclic amines) is 1. The fraction of sp³-hybridized carbons (Fsp3) is 0.550. The Morgan fingerprint density at radius 1 is 1.22 bits per heavy atom. The summed E-state index contributed by atoms with van der Waals surface area (Å²) in [5.41, 5.74) is 1.18. The van der Waals surface area contributed by atoms with Crippen LogP contribution in [0.25, 0.3) is 0 Å². The molecule has 0 atom stereocenters. The normalized spacial score (nSPS) is 19.0. The number of nitrogens with zero attached hydrogens (tertiary/aromatic N) is 4. The first-order chi connectivity index (χ1) is 13.3. The van der Waals surface area contributed by atoms with Gasteiger partial charge in [0.1, 0.15) is 6.61 Å². The van der Waals surface area contributed by atoms with Crippen molar-refractivity contribution in [3.63, 3.8) is 0 Å². The van der Waals surface area contributed by atoms with E-state index in [0.717, 1.165) is 64.0 Å². The van der Waals surface area contributed by atoms with Gasteiger partial charge >= 0.3 is 0 Å². The molecule has 2 saturated heterocycles. The van der Waals surface area contributed by atoms with Gasteiger partial charge in [-0.2, -0.15) is 0 Å². The van der Waals surface area contributed by atoms with Crippen LogP contribution in [0.15, 0.2) is 36.9 Å². The van der Waals surface area contributed by atoms with Crippen LogP contribution in [0.3, 0.4) is 0 Å². The fourth-order valence-corrected chi connectivity index (χ4v) is 3.77.